The number of benzene rings is 2. The van der Waals surface area contributed by atoms with Gasteiger partial charge in [-0.1, -0.05) is 38.0 Å². The van der Waals surface area contributed by atoms with E-state index >= 15 is 0 Å². The number of fused-ring (bicyclic) bond motifs is 1. The molecular weight excluding hydrogens is 480 g/mol. The second kappa shape index (κ2) is 10.9. The predicted octanol–water partition coefficient (Wildman–Crippen LogP) is 3.40. The van der Waals surface area contributed by atoms with Gasteiger partial charge < -0.3 is 4.90 Å². The number of anilines is 1. The molecule has 11 heteroatoms. The number of amides is 1. The molecule has 0 atom stereocenters. The Hall–Kier alpha value is -2.47. The van der Waals surface area contributed by atoms with Crippen molar-refractivity contribution < 1.29 is 30.7 Å². The fourth-order valence-corrected chi connectivity index (χ4v) is 5.52. The normalized spacial score (nSPS) is 14.0. The van der Waals surface area contributed by atoms with Crippen molar-refractivity contribution in [2.75, 3.05) is 11.3 Å². The van der Waals surface area contributed by atoms with E-state index in [-0.39, 0.29) is 22.9 Å². The highest BCUT2D eigenvalue weighted by atomic mass is 32.2. The molecule has 1 aliphatic heterocycles. The van der Waals surface area contributed by atoms with Crippen molar-refractivity contribution in [3.8, 4) is 0 Å². The molecule has 186 valence electrons. The molecule has 2 aromatic rings. The molecule has 0 saturated heterocycles. The number of carbonyl (C=O) groups is 1. The van der Waals surface area contributed by atoms with Crippen LogP contribution in [-0.4, -0.2) is 43.3 Å². The molecule has 3 N–H and O–H groups in total. The van der Waals surface area contributed by atoms with Crippen molar-refractivity contribution in [1.82, 2.24) is 4.90 Å². The van der Waals surface area contributed by atoms with Gasteiger partial charge in [-0.25, -0.2) is 0 Å². The van der Waals surface area contributed by atoms with Crippen LogP contribution in [0, 0.1) is 0 Å². The zero-order chi connectivity index (χ0) is 24.9. The molecule has 2 aromatic carbocycles. The Bertz CT molecular complexity index is 1260. The van der Waals surface area contributed by atoms with Crippen molar-refractivity contribution in [1.29, 1.82) is 0 Å². The standard InChI is InChI=1S/C23H30N2O7S2/c1-2-3-4-7-21-18(6-5-8-22(21)33(27,28)29)10-12-23(26)25-14-13-17-9-11-20(15-19(17)16-25)24-34(30,31)32/h5-6,8-9,11,15,24H,2-4,7,10,12-14,16H2,1H3,(H,27,28,29)(H,30,31,32). The number of aryl methyl sites for hydroxylation is 1. The Kier molecular flexibility index (Phi) is 8.34. The Morgan fingerprint density at radius 1 is 1.03 bits per heavy atom. The summed E-state index contributed by atoms with van der Waals surface area (Å²) < 4.78 is 66.6. The lowest BCUT2D eigenvalue weighted by molar-refractivity contribution is -0.132. The zero-order valence-corrected chi connectivity index (χ0v) is 20.7. The molecule has 0 aromatic heterocycles. The van der Waals surface area contributed by atoms with Gasteiger partial charge in [0.1, 0.15) is 0 Å². The van der Waals surface area contributed by atoms with Crippen molar-refractivity contribution in [2.45, 2.75) is 63.3 Å². The number of carbonyl (C=O) groups excluding carboxylic acids is 1. The molecule has 0 saturated carbocycles. The third kappa shape index (κ3) is 7.02. The van der Waals surface area contributed by atoms with E-state index in [1.54, 1.807) is 35.2 Å². The van der Waals surface area contributed by atoms with Crippen LogP contribution in [0.4, 0.5) is 5.69 Å². The van der Waals surface area contributed by atoms with Gasteiger partial charge in [0.2, 0.25) is 5.91 Å². The molecule has 0 aliphatic carbocycles. The first kappa shape index (κ1) is 26.1. The number of unbranched alkanes of at least 4 members (excludes halogenated alkanes) is 2. The number of nitrogens with one attached hydrogen (secondary N) is 1. The van der Waals surface area contributed by atoms with Gasteiger partial charge in [0.05, 0.1) is 10.6 Å². The van der Waals surface area contributed by atoms with Crippen molar-refractivity contribution in [2.24, 2.45) is 0 Å². The fraction of sp³-hybridized carbons (Fsp3) is 0.435. The lowest BCUT2D eigenvalue weighted by Gasteiger charge is -2.29. The highest BCUT2D eigenvalue weighted by Crippen LogP contribution is 2.26. The summed E-state index contributed by atoms with van der Waals surface area (Å²) in [5.41, 5.74) is 3.31. The molecule has 0 unspecified atom stereocenters. The van der Waals surface area contributed by atoms with E-state index in [0.717, 1.165) is 36.0 Å². The van der Waals surface area contributed by atoms with Gasteiger partial charge in [0.15, 0.2) is 0 Å². The van der Waals surface area contributed by atoms with Gasteiger partial charge in [-0.3, -0.25) is 18.6 Å². The van der Waals surface area contributed by atoms with Crippen LogP contribution >= 0.6 is 0 Å². The Morgan fingerprint density at radius 2 is 1.79 bits per heavy atom. The molecule has 3 rings (SSSR count). The number of nitrogens with zero attached hydrogens (tertiary/aromatic N) is 1. The maximum Gasteiger partial charge on any atom is 0.357 e. The minimum absolute atomic E-state index is 0.0979. The molecular formula is C23H30N2O7S2. The van der Waals surface area contributed by atoms with Crippen LogP contribution in [-0.2, 0) is 51.0 Å². The van der Waals surface area contributed by atoms with E-state index in [0.29, 0.717) is 37.9 Å². The summed E-state index contributed by atoms with van der Waals surface area (Å²) in [5.74, 6) is -0.101. The molecule has 1 heterocycles. The predicted molar refractivity (Wildman–Crippen MR) is 129 cm³/mol. The Morgan fingerprint density at radius 3 is 2.47 bits per heavy atom. The summed E-state index contributed by atoms with van der Waals surface area (Å²) in [6.45, 7) is 2.88. The highest BCUT2D eigenvalue weighted by molar-refractivity contribution is 7.87. The van der Waals surface area contributed by atoms with Gasteiger partial charge in [-0.05, 0) is 66.1 Å². The van der Waals surface area contributed by atoms with Crippen LogP contribution in [0.25, 0.3) is 0 Å². The Labute approximate surface area is 200 Å². The van der Waals surface area contributed by atoms with Crippen LogP contribution in [0.2, 0.25) is 0 Å². The third-order valence-corrected chi connectivity index (χ3v) is 7.40. The summed E-state index contributed by atoms with van der Waals surface area (Å²) >= 11 is 0. The maximum atomic E-state index is 13.0. The second-order valence-corrected chi connectivity index (χ2v) is 11.0. The monoisotopic (exact) mass is 510 g/mol. The highest BCUT2D eigenvalue weighted by Gasteiger charge is 2.23. The maximum absolute atomic E-state index is 13.0. The van der Waals surface area contributed by atoms with Crippen LogP contribution in [0.1, 0.15) is 54.9 Å². The summed E-state index contributed by atoms with van der Waals surface area (Å²) in [4.78, 5) is 14.5. The van der Waals surface area contributed by atoms with E-state index in [2.05, 4.69) is 0 Å². The largest absolute Gasteiger partial charge is 0.357 e. The minimum atomic E-state index is -4.39. The topological polar surface area (TPSA) is 141 Å². The number of rotatable bonds is 10. The zero-order valence-electron chi connectivity index (χ0n) is 19.0. The average molecular weight is 511 g/mol. The minimum Gasteiger partial charge on any atom is -0.338 e. The SMILES string of the molecule is CCCCCc1c(CCC(=O)N2CCc3ccc(NS(=O)(=O)O)cc3C2)cccc1S(=O)(=O)O. The summed E-state index contributed by atoms with van der Waals surface area (Å²) in [6, 6.07) is 9.70. The quantitative estimate of drug-likeness (QED) is 0.329. The molecule has 34 heavy (non-hydrogen) atoms. The molecule has 1 aliphatic rings. The van der Waals surface area contributed by atoms with Crippen molar-refractivity contribution in [3.05, 3.63) is 58.7 Å². The number of hydrogen-bond donors (Lipinski definition) is 3. The Balaban J connectivity index is 1.72. The third-order valence-electron chi connectivity index (χ3n) is 5.96. The first-order valence-electron chi connectivity index (χ1n) is 11.2. The number of hydrogen-bond acceptors (Lipinski definition) is 5. The van der Waals surface area contributed by atoms with Gasteiger partial charge in [0, 0.05) is 19.5 Å². The smallest absolute Gasteiger partial charge is 0.338 e. The van der Waals surface area contributed by atoms with Crippen molar-refractivity contribution in [3.63, 3.8) is 0 Å². The van der Waals surface area contributed by atoms with Gasteiger partial charge in [-0.2, -0.15) is 16.8 Å². The summed E-state index contributed by atoms with van der Waals surface area (Å²) in [7, 11) is -8.76. The lowest BCUT2D eigenvalue weighted by Crippen LogP contribution is -2.36. The molecule has 0 spiro atoms. The van der Waals surface area contributed by atoms with Crippen LogP contribution in [0.3, 0.4) is 0 Å². The van der Waals surface area contributed by atoms with E-state index < -0.39 is 20.4 Å². The van der Waals surface area contributed by atoms with Crippen molar-refractivity contribution >= 4 is 32.0 Å². The second-order valence-electron chi connectivity index (χ2n) is 8.45. The van der Waals surface area contributed by atoms with E-state index in [9.17, 15) is 26.2 Å². The van der Waals surface area contributed by atoms with Crippen LogP contribution in [0.5, 0.6) is 0 Å². The van der Waals surface area contributed by atoms with Gasteiger partial charge >= 0.3 is 10.3 Å². The average Bonchev–Trinajstić information content (AvgIpc) is 2.75. The lowest BCUT2D eigenvalue weighted by atomic mass is 9.96. The summed E-state index contributed by atoms with van der Waals surface area (Å²) in [5, 5.41) is 0. The summed E-state index contributed by atoms with van der Waals surface area (Å²) in [6.07, 6.45) is 4.33. The van der Waals surface area contributed by atoms with Gasteiger partial charge in [0.25, 0.3) is 10.1 Å². The van der Waals surface area contributed by atoms with Crippen LogP contribution in [0.15, 0.2) is 41.3 Å². The van der Waals surface area contributed by atoms with E-state index in [1.807, 2.05) is 11.6 Å². The molecule has 0 fully saturated rings. The molecule has 0 bridgehead atoms. The molecule has 0 radical (unpaired) electrons. The fourth-order valence-electron chi connectivity index (χ4n) is 4.30. The molecule has 1 amide bonds. The van der Waals surface area contributed by atoms with Crippen LogP contribution < -0.4 is 4.72 Å². The van der Waals surface area contributed by atoms with E-state index in [1.165, 1.54) is 6.07 Å². The molecule has 9 nitrogen and oxygen atoms in total. The van der Waals surface area contributed by atoms with Gasteiger partial charge in [-0.15, -0.1) is 0 Å². The first-order chi connectivity index (χ1) is 16.0. The first-order valence-corrected chi connectivity index (χ1v) is 14.1. The van der Waals surface area contributed by atoms with E-state index in [4.69, 9.17) is 4.55 Å².